The molecule has 25 heavy (non-hydrogen) atoms. The summed E-state index contributed by atoms with van der Waals surface area (Å²) in [6, 6.07) is 0. The van der Waals surface area contributed by atoms with E-state index >= 15 is 0 Å². The molecule has 0 spiro atoms. The Bertz CT molecular complexity index is 568. The number of fused-ring (bicyclic) bond motifs is 9. The number of carbonyl (C=O) groups is 2. The van der Waals surface area contributed by atoms with Crippen molar-refractivity contribution in [3.05, 3.63) is 0 Å². The number of hydrogen-bond donors (Lipinski definition) is 0. The molecule has 0 heterocycles. The number of carbonyl (C=O) groups excluding carboxylic acids is 2. The summed E-state index contributed by atoms with van der Waals surface area (Å²) in [5.74, 6) is 4.67. The van der Waals surface area contributed by atoms with E-state index in [1.54, 1.807) is 0 Å². The van der Waals surface area contributed by atoms with Crippen LogP contribution in [0.2, 0.25) is 0 Å². The van der Waals surface area contributed by atoms with Crippen molar-refractivity contribution in [3.8, 4) is 0 Å². The molecule has 0 N–H and O–H groups in total. The average Bonchev–Trinajstić information content (AvgIpc) is 3.29. The number of esters is 2. The predicted molar refractivity (Wildman–Crippen MR) is 93.5 cm³/mol. The zero-order valence-electron chi connectivity index (χ0n) is 16.0. The van der Waals surface area contributed by atoms with Gasteiger partial charge in [0, 0.05) is 6.92 Å². The lowest BCUT2D eigenvalue weighted by Crippen LogP contribution is -2.41. The fourth-order valence-electron chi connectivity index (χ4n) is 6.74. The Morgan fingerprint density at radius 1 is 1.00 bits per heavy atom. The van der Waals surface area contributed by atoms with Crippen molar-refractivity contribution in [1.29, 1.82) is 0 Å². The highest BCUT2D eigenvalue weighted by Crippen LogP contribution is 2.69. The zero-order chi connectivity index (χ0) is 17.9. The number of ether oxygens (including phenoxy) is 2. The van der Waals surface area contributed by atoms with Gasteiger partial charge in [-0.2, -0.15) is 0 Å². The van der Waals surface area contributed by atoms with Gasteiger partial charge in [0.25, 0.3) is 0 Å². The first-order chi connectivity index (χ1) is 11.8. The summed E-state index contributed by atoms with van der Waals surface area (Å²) in [7, 11) is 0. The normalized spacial score (nSPS) is 44.0. The van der Waals surface area contributed by atoms with Gasteiger partial charge >= 0.3 is 11.9 Å². The van der Waals surface area contributed by atoms with E-state index in [1.165, 1.54) is 26.2 Å². The second kappa shape index (κ2) is 5.99. The van der Waals surface area contributed by atoms with Gasteiger partial charge in [0.05, 0.1) is 12.0 Å². The van der Waals surface area contributed by atoms with Crippen LogP contribution in [-0.4, -0.2) is 24.6 Å². The Morgan fingerprint density at radius 3 is 2.36 bits per heavy atom. The van der Waals surface area contributed by atoms with Gasteiger partial charge in [-0.1, -0.05) is 6.92 Å². The molecule has 0 aromatic heterocycles. The van der Waals surface area contributed by atoms with Gasteiger partial charge in [-0.05, 0) is 87.4 Å². The van der Waals surface area contributed by atoms with Gasteiger partial charge in [0.1, 0.15) is 6.10 Å². The van der Waals surface area contributed by atoms with E-state index in [0.29, 0.717) is 30.3 Å². The van der Waals surface area contributed by atoms with Crippen molar-refractivity contribution in [2.75, 3.05) is 6.61 Å². The quantitative estimate of drug-likeness (QED) is 0.560. The van der Waals surface area contributed by atoms with Crippen molar-refractivity contribution in [2.24, 2.45) is 46.8 Å². The van der Waals surface area contributed by atoms with E-state index in [2.05, 4.69) is 0 Å². The Hall–Kier alpha value is -1.06. The van der Waals surface area contributed by atoms with Crippen LogP contribution in [0.5, 0.6) is 0 Å². The molecule has 0 aliphatic heterocycles. The van der Waals surface area contributed by atoms with Crippen LogP contribution in [0.1, 0.15) is 59.8 Å². The molecule has 8 unspecified atom stereocenters. The summed E-state index contributed by atoms with van der Waals surface area (Å²) in [4.78, 5) is 23.7. The highest BCUT2D eigenvalue weighted by Gasteiger charge is 2.65. The van der Waals surface area contributed by atoms with Crippen molar-refractivity contribution in [2.45, 2.75) is 65.9 Å². The van der Waals surface area contributed by atoms with Crippen LogP contribution in [0.4, 0.5) is 0 Å². The Morgan fingerprint density at radius 2 is 1.68 bits per heavy atom. The minimum absolute atomic E-state index is 0.0555. The van der Waals surface area contributed by atoms with E-state index in [1.807, 2.05) is 20.8 Å². The fraction of sp³-hybridized carbons (Fsp3) is 0.905. The molecule has 4 heteroatoms. The van der Waals surface area contributed by atoms with Gasteiger partial charge in [-0.25, -0.2) is 0 Å². The van der Waals surface area contributed by atoms with Gasteiger partial charge in [-0.3, -0.25) is 9.59 Å². The summed E-state index contributed by atoms with van der Waals surface area (Å²) < 4.78 is 11.4. The maximum absolute atomic E-state index is 12.3. The number of hydrogen-bond acceptors (Lipinski definition) is 4. The molecule has 4 saturated carbocycles. The van der Waals surface area contributed by atoms with Crippen molar-refractivity contribution < 1.29 is 19.1 Å². The predicted octanol–water partition coefficient (Wildman–Crippen LogP) is 3.83. The second-order valence-electron chi connectivity index (χ2n) is 9.69. The topological polar surface area (TPSA) is 52.6 Å². The molecular weight excluding hydrogens is 316 g/mol. The molecule has 4 nitrogen and oxygen atoms in total. The lowest BCUT2D eigenvalue weighted by Gasteiger charge is -2.41. The highest BCUT2D eigenvalue weighted by atomic mass is 16.5. The van der Waals surface area contributed by atoms with Crippen molar-refractivity contribution in [3.63, 3.8) is 0 Å². The lowest BCUT2D eigenvalue weighted by atomic mass is 9.67. The second-order valence-corrected chi connectivity index (χ2v) is 9.69. The molecule has 8 atom stereocenters. The average molecular weight is 348 g/mol. The van der Waals surface area contributed by atoms with E-state index in [0.717, 1.165) is 30.6 Å². The third-order valence-corrected chi connectivity index (χ3v) is 8.08. The van der Waals surface area contributed by atoms with Crippen molar-refractivity contribution in [1.82, 2.24) is 0 Å². The van der Waals surface area contributed by atoms with Crippen LogP contribution in [0, 0.1) is 46.8 Å². The standard InChI is InChI=1S/C21H32O4/c1-5-21(3,4)20(23)24-10-14-6-12-7-15(14)19-16-8-13(18(12)19)9-17(16)25-11(2)22/h12-19H,5-10H2,1-4H3. The molecule has 0 radical (unpaired) electrons. The number of rotatable bonds is 5. The molecule has 0 aromatic carbocycles. The molecule has 4 bridgehead atoms. The van der Waals surface area contributed by atoms with Crippen LogP contribution in [0.25, 0.3) is 0 Å². The van der Waals surface area contributed by atoms with Crippen LogP contribution in [-0.2, 0) is 19.1 Å². The van der Waals surface area contributed by atoms with E-state index in [9.17, 15) is 9.59 Å². The third kappa shape index (κ3) is 2.71. The first kappa shape index (κ1) is 17.4. The molecule has 0 aromatic rings. The molecule has 0 saturated heterocycles. The Kier molecular flexibility index (Phi) is 4.16. The van der Waals surface area contributed by atoms with Crippen LogP contribution in [0.3, 0.4) is 0 Å². The maximum Gasteiger partial charge on any atom is 0.311 e. The SMILES string of the molecule is CCC(C)(C)C(=O)OCC1CC2CC1C1C3CC(CC3OC(C)=O)C21. The summed E-state index contributed by atoms with van der Waals surface area (Å²) in [5.41, 5.74) is -0.382. The maximum atomic E-state index is 12.3. The van der Waals surface area contributed by atoms with Crippen LogP contribution in [0.15, 0.2) is 0 Å². The van der Waals surface area contributed by atoms with Gasteiger partial charge in [-0.15, -0.1) is 0 Å². The van der Waals surface area contributed by atoms with Gasteiger partial charge in [0.2, 0.25) is 0 Å². The Balaban J connectivity index is 1.40. The molecule has 4 aliphatic rings. The zero-order valence-corrected chi connectivity index (χ0v) is 16.0. The largest absolute Gasteiger partial charge is 0.465 e. The third-order valence-electron chi connectivity index (χ3n) is 8.08. The summed E-state index contributed by atoms with van der Waals surface area (Å²) in [6.07, 6.45) is 5.81. The molecule has 140 valence electrons. The molecular formula is C21H32O4. The van der Waals surface area contributed by atoms with E-state index in [4.69, 9.17) is 9.47 Å². The minimum Gasteiger partial charge on any atom is -0.465 e. The molecule has 4 fully saturated rings. The van der Waals surface area contributed by atoms with Gasteiger partial charge in [0.15, 0.2) is 0 Å². The fourth-order valence-corrected chi connectivity index (χ4v) is 6.74. The van der Waals surface area contributed by atoms with Gasteiger partial charge < -0.3 is 9.47 Å². The summed E-state index contributed by atoms with van der Waals surface area (Å²) >= 11 is 0. The first-order valence-electron chi connectivity index (χ1n) is 10.2. The molecule has 0 amide bonds. The summed E-state index contributed by atoms with van der Waals surface area (Å²) in [5, 5.41) is 0. The Labute approximate surface area is 151 Å². The monoisotopic (exact) mass is 348 g/mol. The minimum atomic E-state index is -0.382. The van der Waals surface area contributed by atoms with Crippen LogP contribution >= 0.6 is 0 Å². The van der Waals surface area contributed by atoms with Crippen LogP contribution < -0.4 is 0 Å². The molecule has 4 aliphatic carbocycles. The first-order valence-corrected chi connectivity index (χ1v) is 10.2. The van der Waals surface area contributed by atoms with Crippen molar-refractivity contribution >= 4 is 11.9 Å². The van der Waals surface area contributed by atoms with E-state index in [-0.39, 0.29) is 23.5 Å². The smallest absolute Gasteiger partial charge is 0.311 e. The highest BCUT2D eigenvalue weighted by molar-refractivity contribution is 5.75. The summed E-state index contributed by atoms with van der Waals surface area (Å²) in [6.45, 7) is 8.08. The lowest BCUT2D eigenvalue weighted by molar-refractivity contribution is -0.158. The molecule has 4 rings (SSSR count). The van der Waals surface area contributed by atoms with E-state index < -0.39 is 0 Å².